The minimum Gasteiger partial charge on any atom is -0.394 e. The SMILES string of the molecule is CCC(C)(CO)NS(=O)(=O)c1ccc(C#N)cc1C. The fraction of sp³-hybridized carbons (Fsp3) is 0.462. The highest BCUT2D eigenvalue weighted by molar-refractivity contribution is 7.89. The molecule has 6 heteroatoms. The first-order valence-electron chi connectivity index (χ1n) is 5.93. The lowest BCUT2D eigenvalue weighted by atomic mass is 10.0. The summed E-state index contributed by atoms with van der Waals surface area (Å²) in [7, 11) is -3.72. The van der Waals surface area contributed by atoms with E-state index < -0.39 is 15.6 Å². The summed E-state index contributed by atoms with van der Waals surface area (Å²) in [6.07, 6.45) is 0.470. The van der Waals surface area contributed by atoms with Gasteiger partial charge in [0.1, 0.15) is 0 Å². The van der Waals surface area contributed by atoms with E-state index in [4.69, 9.17) is 5.26 Å². The van der Waals surface area contributed by atoms with Crippen molar-refractivity contribution in [3.05, 3.63) is 29.3 Å². The van der Waals surface area contributed by atoms with Crippen molar-refractivity contribution >= 4 is 10.0 Å². The van der Waals surface area contributed by atoms with Crippen LogP contribution in [0.2, 0.25) is 0 Å². The Morgan fingerprint density at radius 2 is 2.11 bits per heavy atom. The maximum absolute atomic E-state index is 12.3. The molecule has 2 N–H and O–H groups in total. The van der Waals surface area contributed by atoms with Gasteiger partial charge in [0.15, 0.2) is 0 Å². The molecule has 1 atom stereocenters. The average molecular weight is 282 g/mol. The van der Waals surface area contributed by atoms with Gasteiger partial charge in [-0.25, -0.2) is 13.1 Å². The molecular formula is C13H18N2O3S. The first-order chi connectivity index (χ1) is 8.78. The summed E-state index contributed by atoms with van der Waals surface area (Å²) < 4.78 is 27.1. The molecule has 5 nitrogen and oxygen atoms in total. The number of hydrogen-bond donors (Lipinski definition) is 2. The highest BCUT2D eigenvalue weighted by atomic mass is 32.2. The Labute approximate surface area is 113 Å². The van der Waals surface area contributed by atoms with E-state index >= 15 is 0 Å². The Morgan fingerprint density at radius 3 is 2.53 bits per heavy atom. The fourth-order valence-electron chi connectivity index (χ4n) is 1.62. The van der Waals surface area contributed by atoms with E-state index in [1.54, 1.807) is 20.8 Å². The number of aryl methyl sites for hydroxylation is 1. The van der Waals surface area contributed by atoms with Crippen molar-refractivity contribution in [2.24, 2.45) is 0 Å². The standard InChI is InChI=1S/C13H18N2O3S/c1-4-13(3,9-16)15-19(17,18)12-6-5-11(8-14)7-10(12)2/h5-7,15-16H,4,9H2,1-3H3. The van der Waals surface area contributed by atoms with Crippen LogP contribution >= 0.6 is 0 Å². The predicted molar refractivity (Wildman–Crippen MR) is 72.0 cm³/mol. The van der Waals surface area contributed by atoms with Crippen molar-refractivity contribution in [3.63, 3.8) is 0 Å². The molecule has 0 aromatic heterocycles. The van der Waals surface area contributed by atoms with Crippen LogP contribution in [0.4, 0.5) is 0 Å². The van der Waals surface area contributed by atoms with Gasteiger partial charge in [-0.1, -0.05) is 6.92 Å². The normalized spacial score (nSPS) is 14.7. The molecule has 1 aromatic rings. The van der Waals surface area contributed by atoms with Gasteiger partial charge < -0.3 is 5.11 Å². The Balaban J connectivity index is 3.19. The van der Waals surface area contributed by atoms with Gasteiger partial charge in [-0.2, -0.15) is 5.26 Å². The molecule has 0 heterocycles. The molecule has 0 aliphatic heterocycles. The molecule has 1 rings (SSSR count). The molecule has 0 saturated heterocycles. The van der Waals surface area contributed by atoms with Crippen LogP contribution in [-0.2, 0) is 10.0 Å². The second kappa shape index (κ2) is 5.70. The summed E-state index contributed by atoms with van der Waals surface area (Å²) >= 11 is 0. The Morgan fingerprint density at radius 1 is 1.47 bits per heavy atom. The van der Waals surface area contributed by atoms with Gasteiger partial charge in [0.2, 0.25) is 10.0 Å². The zero-order valence-corrected chi connectivity index (χ0v) is 12.1. The molecule has 0 aliphatic carbocycles. The predicted octanol–water partition coefficient (Wildman–Crippen LogP) is 1.31. The van der Waals surface area contributed by atoms with Gasteiger partial charge in [0.25, 0.3) is 0 Å². The van der Waals surface area contributed by atoms with E-state index in [0.29, 0.717) is 17.5 Å². The molecule has 0 spiro atoms. The van der Waals surface area contributed by atoms with Gasteiger partial charge in [0, 0.05) is 0 Å². The Hall–Kier alpha value is -1.42. The van der Waals surface area contributed by atoms with Crippen LogP contribution in [0.25, 0.3) is 0 Å². The number of nitrogens with zero attached hydrogens (tertiary/aromatic N) is 1. The molecule has 1 aromatic carbocycles. The number of aliphatic hydroxyl groups is 1. The first-order valence-corrected chi connectivity index (χ1v) is 7.42. The Bertz CT molecular complexity index is 599. The third-order valence-electron chi connectivity index (χ3n) is 3.10. The molecule has 0 amide bonds. The van der Waals surface area contributed by atoms with E-state index in [1.807, 2.05) is 6.07 Å². The van der Waals surface area contributed by atoms with Crippen molar-refractivity contribution in [1.82, 2.24) is 4.72 Å². The van der Waals surface area contributed by atoms with Crippen molar-refractivity contribution < 1.29 is 13.5 Å². The van der Waals surface area contributed by atoms with Crippen molar-refractivity contribution in [3.8, 4) is 6.07 Å². The molecular weight excluding hydrogens is 264 g/mol. The van der Waals surface area contributed by atoms with Crippen LogP contribution in [0.1, 0.15) is 31.4 Å². The lowest BCUT2D eigenvalue weighted by Gasteiger charge is -2.27. The molecule has 0 saturated carbocycles. The smallest absolute Gasteiger partial charge is 0.241 e. The summed E-state index contributed by atoms with van der Waals surface area (Å²) in [6.45, 7) is 4.80. The molecule has 0 radical (unpaired) electrons. The summed E-state index contributed by atoms with van der Waals surface area (Å²) in [5.41, 5.74) is 0.0268. The third-order valence-corrected chi connectivity index (χ3v) is 4.90. The van der Waals surface area contributed by atoms with Gasteiger partial charge >= 0.3 is 0 Å². The second-order valence-electron chi connectivity index (χ2n) is 4.77. The third kappa shape index (κ3) is 3.53. The van der Waals surface area contributed by atoms with Gasteiger partial charge in [-0.05, 0) is 44.0 Å². The summed E-state index contributed by atoms with van der Waals surface area (Å²) in [5.74, 6) is 0. The molecule has 1 unspecified atom stereocenters. The molecule has 0 fully saturated rings. The number of nitriles is 1. The Kier molecular flexibility index (Phi) is 4.69. The van der Waals surface area contributed by atoms with Crippen molar-refractivity contribution in [2.75, 3.05) is 6.61 Å². The number of nitrogens with one attached hydrogen (secondary N) is 1. The number of rotatable bonds is 5. The highest BCUT2D eigenvalue weighted by Crippen LogP contribution is 2.19. The van der Waals surface area contributed by atoms with E-state index in [-0.39, 0.29) is 11.5 Å². The van der Waals surface area contributed by atoms with Gasteiger partial charge in [-0.15, -0.1) is 0 Å². The minimum absolute atomic E-state index is 0.125. The van der Waals surface area contributed by atoms with Crippen molar-refractivity contribution in [1.29, 1.82) is 5.26 Å². The first kappa shape index (κ1) is 15.6. The zero-order valence-electron chi connectivity index (χ0n) is 11.3. The van der Waals surface area contributed by atoms with Crippen LogP contribution in [0, 0.1) is 18.3 Å². The van der Waals surface area contributed by atoms with Crippen LogP contribution in [0.3, 0.4) is 0 Å². The maximum Gasteiger partial charge on any atom is 0.241 e. The quantitative estimate of drug-likeness (QED) is 0.852. The molecule has 0 bridgehead atoms. The van der Waals surface area contributed by atoms with Crippen LogP contribution in [0.15, 0.2) is 23.1 Å². The number of hydrogen-bond acceptors (Lipinski definition) is 4. The van der Waals surface area contributed by atoms with Crippen LogP contribution in [-0.4, -0.2) is 25.7 Å². The van der Waals surface area contributed by atoms with E-state index in [0.717, 1.165) is 0 Å². The number of sulfonamides is 1. The van der Waals surface area contributed by atoms with Crippen molar-refractivity contribution in [2.45, 2.75) is 37.6 Å². The van der Waals surface area contributed by atoms with Crippen LogP contribution < -0.4 is 4.72 Å². The molecule has 104 valence electrons. The highest BCUT2D eigenvalue weighted by Gasteiger charge is 2.29. The summed E-state index contributed by atoms with van der Waals surface area (Å²) in [4.78, 5) is 0.125. The zero-order chi connectivity index (χ0) is 14.7. The molecule has 19 heavy (non-hydrogen) atoms. The average Bonchev–Trinajstić information content (AvgIpc) is 2.37. The monoisotopic (exact) mass is 282 g/mol. The lowest BCUT2D eigenvalue weighted by molar-refractivity contribution is 0.191. The van der Waals surface area contributed by atoms with E-state index in [2.05, 4.69) is 4.72 Å². The topological polar surface area (TPSA) is 90.2 Å². The number of aliphatic hydroxyl groups excluding tert-OH is 1. The van der Waals surface area contributed by atoms with Gasteiger partial charge in [0.05, 0.1) is 28.7 Å². The fourth-order valence-corrected chi connectivity index (χ4v) is 3.31. The maximum atomic E-state index is 12.3. The van der Waals surface area contributed by atoms with Gasteiger partial charge in [-0.3, -0.25) is 0 Å². The second-order valence-corrected chi connectivity index (χ2v) is 6.42. The van der Waals surface area contributed by atoms with Crippen LogP contribution in [0.5, 0.6) is 0 Å². The molecule has 0 aliphatic rings. The minimum atomic E-state index is -3.72. The van der Waals surface area contributed by atoms with E-state index in [1.165, 1.54) is 18.2 Å². The summed E-state index contributed by atoms with van der Waals surface area (Å²) in [5, 5.41) is 18.0. The van der Waals surface area contributed by atoms with E-state index in [9.17, 15) is 13.5 Å². The number of benzene rings is 1. The largest absolute Gasteiger partial charge is 0.394 e. The lowest BCUT2D eigenvalue weighted by Crippen LogP contribution is -2.48. The summed E-state index contributed by atoms with van der Waals surface area (Å²) in [6, 6.07) is 6.35.